The van der Waals surface area contributed by atoms with Gasteiger partial charge in [-0.1, -0.05) is 276 Å². The molecule has 4 heteroatoms. The molecule has 0 fully saturated rings. The van der Waals surface area contributed by atoms with E-state index in [0.29, 0.717) is 0 Å². The van der Waals surface area contributed by atoms with Gasteiger partial charge in [0.1, 0.15) is 0 Å². The summed E-state index contributed by atoms with van der Waals surface area (Å²) in [5.74, 6) is 0. The number of hydrogen-bond acceptors (Lipinski definition) is 2. The van der Waals surface area contributed by atoms with E-state index in [1.165, 1.54) is 250 Å². The zero-order chi connectivity index (χ0) is 37.5. The van der Waals surface area contributed by atoms with Crippen molar-refractivity contribution < 1.29 is 13.0 Å². The molecule has 0 spiro atoms. The van der Waals surface area contributed by atoms with Gasteiger partial charge in [-0.2, -0.15) is 8.42 Å². The Balaban J connectivity index is 1.66. The van der Waals surface area contributed by atoms with Crippen molar-refractivity contribution in [3.8, 4) is 0 Å². The zero-order valence-electron chi connectivity index (χ0n) is 35.0. The van der Waals surface area contributed by atoms with Crippen LogP contribution < -0.4 is 0 Å². The molecular formula is C48H90O3S. The standard InChI is InChI=1S/C48H90O3S/c1-2-3-4-5-6-7-8-9-10-11-12-13-14-15-16-17-18-19-20-21-22-23-24-25-26-27-28-29-30-31-32-33-34-35-36-37-38-39-40-41-44-47-45-42-43-46-48(47)52(49,50)51/h42-43,45-46H,2-41,44H2,1H3,(H,49,50,51). The fourth-order valence-corrected chi connectivity index (χ4v) is 8.82. The number of hydrogen-bond donors (Lipinski definition) is 1. The summed E-state index contributed by atoms with van der Waals surface area (Å²) in [6.07, 6.45) is 57.5. The van der Waals surface area contributed by atoms with E-state index in [1.54, 1.807) is 6.07 Å². The molecule has 0 radical (unpaired) electrons. The maximum Gasteiger partial charge on any atom is 0.294 e. The largest absolute Gasteiger partial charge is 0.294 e. The molecule has 1 rings (SSSR count). The van der Waals surface area contributed by atoms with Crippen LogP contribution in [0, 0.1) is 0 Å². The minimum absolute atomic E-state index is 0.0711. The SMILES string of the molecule is CCCCCCCCCCCCCCCCCCCCCCCCCCCCCCCCCCCCCCCCCCc1ccccc1S(=O)(=O)O. The molecule has 3 nitrogen and oxygen atoms in total. The molecule has 1 aromatic carbocycles. The van der Waals surface area contributed by atoms with E-state index in [4.69, 9.17) is 0 Å². The van der Waals surface area contributed by atoms with Crippen LogP contribution in [0.15, 0.2) is 29.2 Å². The van der Waals surface area contributed by atoms with Crippen molar-refractivity contribution in [2.45, 2.75) is 275 Å². The predicted octanol–water partition coefficient (Wildman–Crippen LogP) is 17.1. The van der Waals surface area contributed by atoms with Crippen molar-refractivity contribution in [3.05, 3.63) is 29.8 Å². The average Bonchev–Trinajstić information content (AvgIpc) is 3.13. The van der Waals surface area contributed by atoms with Crippen LogP contribution in [0.2, 0.25) is 0 Å². The van der Waals surface area contributed by atoms with Gasteiger partial charge < -0.3 is 0 Å². The summed E-state index contributed by atoms with van der Waals surface area (Å²) in [6.45, 7) is 2.30. The topological polar surface area (TPSA) is 54.4 Å². The number of aryl methyl sites for hydroxylation is 1. The molecule has 0 bridgehead atoms. The molecule has 0 aliphatic rings. The Labute approximate surface area is 326 Å². The van der Waals surface area contributed by atoms with Crippen LogP contribution in [0.25, 0.3) is 0 Å². The minimum atomic E-state index is -4.12. The van der Waals surface area contributed by atoms with Crippen LogP contribution in [0.1, 0.15) is 269 Å². The minimum Gasteiger partial charge on any atom is -0.282 e. The fraction of sp³-hybridized carbons (Fsp3) is 0.875. The number of rotatable bonds is 42. The lowest BCUT2D eigenvalue weighted by Gasteiger charge is -2.07. The lowest BCUT2D eigenvalue weighted by Crippen LogP contribution is -2.03. The molecule has 306 valence electrons. The van der Waals surface area contributed by atoms with Gasteiger partial charge in [0.2, 0.25) is 0 Å². The van der Waals surface area contributed by atoms with Crippen LogP contribution in [0.5, 0.6) is 0 Å². The Bertz CT molecular complexity index is 958. The molecule has 0 aromatic heterocycles. The van der Waals surface area contributed by atoms with E-state index in [2.05, 4.69) is 6.92 Å². The third kappa shape index (κ3) is 33.7. The van der Waals surface area contributed by atoms with Crippen molar-refractivity contribution in [2.75, 3.05) is 0 Å². The first-order chi connectivity index (χ1) is 25.6. The molecule has 0 saturated heterocycles. The van der Waals surface area contributed by atoms with E-state index >= 15 is 0 Å². The van der Waals surface area contributed by atoms with E-state index < -0.39 is 10.1 Å². The molecule has 0 aliphatic heterocycles. The van der Waals surface area contributed by atoms with Crippen molar-refractivity contribution in [3.63, 3.8) is 0 Å². The maximum atomic E-state index is 11.5. The van der Waals surface area contributed by atoms with Gasteiger partial charge in [0.15, 0.2) is 0 Å². The highest BCUT2D eigenvalue weighted by Gasteiger charge is 2.13. The molecule has 0 unspecified atom stereocenters. The van der Waals surface area contributed by atoms with E-state index in [0.717, 1.165) is 24.8 Å². The van der Waals surface area contributed by atoms with Gasteiger partial charge >= 0.3 is 0 Å². The van der Waals surface area contributed by atoms with Gasteiger partial charge in [-0.05, 0) is 24.5 Å². The molecule has 1 N–H and O–H groups in total. The Morgan fingerprint density at radius 2 is 0.558 bits per heavy atom. The molecule has 0 heterocycles. The van der Waals surface area contributed by atoms with Crippen molar-refractivity contribution in [1.29, 1.82) is 0 Å². The van der Waals surface area contributed by atoms with E-state index in [-0.39, 0.29) is 4.90 Å². The summed E-state index contributed by atoms with van der Waals surface area (Å²) in [5, 5.41) is 0. The van der Waals surface area contributed by atoms with Gasteiger partial charge in [-0.15, -0.1) is 0 Å². The average molecular weight is 747 g/mol. The first-order valence-corrected chi connectivity index (χ1v) is 25.0. The van der Waals surface area contributed by atoms with Crippen molar-refractivity contribution in [1.82, 2.24) is 0 Å². The second-order valence-corrected chi connectivity index (χ2v) is 18.0. The molecule has 0 aliphatic carbocycles. The number of unbranched alkanes of at least 4 members (excludes halogenated alkanes) is 39. The van der Waals surface area contributed by atoms with Crippen molar-refractivity contribution >= 4 is 10.1 Å². The highest BCUT2D eigenvalue weighted by Crippen LogP contribution is 2.20. The highest BCUT2D eigenvalue weighted by molar-refractivity contribution is 7.85. The third-order valence-electron chi connectivity index (χ3n) is 11.6. The molecule has 0 atom stereocenters. The van der Waals surface area contributed by atoms with E-state index in [1.807, 2.05) is 12.1 Å². The molecular weight excluding hydrogens is 657 g/mol. The smallest absolute Gasteiger partial charge is 0.282 e. The molecule has 0 amide bonds. The monoisotopic (exact) mass is 747 g/mol. The fourth-order valence-electron chi connectivity index (χ4n) is 8.07. The second kappa shape index (κ2) is 38.4. The van der Waals surface area contributed by atoms with Gasteiger partial charge in [0.25, 0.3) is 10.1 Å². The van der Waals surface area contributed by atoms with Crippen LogP contribution in [-0.4, -0.2) is 13.0 Å². The predicted molar refractivity (Wildman–Crippen MR) is 230 cm³/mol. The first-order valence-electron chi connectivity index (χ1n) is 23.6. The number of benzene rings is 1. The van der Waals surface area contributed by atoms with Gasteiger partial charge in [-0.25, -0.2) is 0 Å². The van der Waals surface area contributed by atoms with Gasteiger partial charge in [0, 0.05) is 0 Å². The lowest BCUT2D eigenvalue weighted by molar-refractivity contribution is 0.481. The Morgan fingerprint density at radius 1 is 0.346 bits per heavy atom. The summed E-state index contributed by atoms with van der Waals surface area (Å²) < 4.78 is 32.4. The Kier molecular flexibility index (Phi) is 36.3. The second-order valence-electron chi connectivity index (χ2n) is 16.6. The van der Waals surface area contributed by atoms with Gasteiger partial charge in [-0.3, -0.25) is 4.55 Å². The quantitative estimate of drug-likeness (QED) is 0.0535. The summed E-state index contributed by atoms with van der Waals surface area (Å²) in [7, 11) is -4.12. The summed E-state index contributed by atoms with van der Waals surface area (Å²) in [6, 6.07) is 6.82. The van der Waals surface area contributed by atoms with Crippen LogP contribution in [0.4, 0.5) is 0 Å². The van der Waals surface area contributed by atoms with E-state index in [9.17, 15) is 13.0 Å². The molecule has 52 heavy (non-hydrogen) atoms. The summed E-state index contributed by atoms with van der Waals surface area (Å²) in [4.78, 5) is 0.0711. The van der Waals surface area contributed by atoms with Crippen LogP contribution >= 0.6 is 0 Å². The Morgan fingerprint density at radius 3 is 0.788 bits per heavy atom. The lowest BCUT2D eigenvalue weighted by atomic mass is 10.0. The third-order valence-corrected chi connectivity index (χ3v) is 12.5. The Hall–Kier alpha value is -0.870. The summed E-state index contributed by atoms with van der Waals surface area (Å²) in [5.41, 5.74) is 0.738. The maximum absolute atomic E-state index is 11.5. The molecule has 0 saturated carbocycles. The highest BCUT2D eigenvalue weighted by atomic mass is 32.2. The van der Waals surface area contributed by atoms with Crippen LogP contribution in [-0.2, 0) is 16.5 Å². The zero-order valence-corrected chi connectivity index (χ0v) is 35.8. The summed E-state index contributed by atoms with van der Waals surface area (Å²) >= 11 is 0. The normalized spacial score (nSPS) is 11.9. The van der Waals surface area contributed by atoms with Crippen LogP contribution in [0.3, 0.4) is 0 Å². The van der Waals surface area contributed by atoms with Gasteiger partial charge in [0.05, 0.1) is 4.90 Å². The first kappa shape index (κ1) is 49.1. The van der Waals surface area contributed by atoms with Crippen molar-refractivity contribution in [2.24, 2.45) is 0 Å². The molecule has 1 aromatic rings.